The van der Waals surface area contributed by atoms with Gasteiger partial charge in [-0.05, 0) is 22.0 Å². The molecule has 5 heteroatoms. The molecule has 1 aromatic rings. The maximum absolute atomic E-state index is 10.8. The van der Waals surface area contributed by atoms with Crippen LogP contribution in [-0.4, -0.2) is 18.1 Å². The first kappa shape index (κ1) is 8.99. The lowest BCUT2D eigenvalue weighted by Crippen LogP contribution is -2.24. The van der Waals surface area contributed by atoms with Crippen LogP contribution in [0.3, 0.4) is 0 Å². The van der Waals surface area contributed by atoms with Gasteiger partial charge in [-0.25, -0.2) is 4.79 Å². The molecular formula is C7H8BrN3O. The van der Waals surface area contributed by atoms with E-state index in [2.05, 4.69) is 31.5 Å². The van der Waals surface area contributed by atoms with Crippen molar-refractivity contribution in [1.82, 2.24) is 10.3 Å². The Labute approximate surface area is 78.5 Å². The molecule has 0 saturated heterocycles. The third-order valence-electron chi connectivity index (χ3n) is 1.19. The van der Waals surface area contributed by atoms with Crippen molar-refractivity contribution in [3.8, 4) is 0 Å². The van der Waals surface area contributed by atoms with Crippen LogP contribution in [-0.2, 0) is 0 Å². The fraction of sp³-hybridized carbons (Fsp3) is 0.143. The predicted molar refractivity (Wildman–Crippen MR) is 50.0 cm³/mol. The van der Waals surface area contributed by atoms with Crippen molar-refractivity contribution in [3.63, 3.8) is 0 Å². The van der Waals surface area contributed by atoms with Crippen LogP contribution in [0.25, 0.3) is 0 Å². The number of anilines is 1. The summed E-state index contributed by atoms with van der Waals surface area (Å²) in [5, 5.41) is 5.03. The van der Waals surface area contributed by atoms with Gasteiger partial charge in [-0.3, -0.25) is 4.98 Å². The summed E-state index contributed by atoms with van der Waals surface area (Å²) in [6, 6.07) is 1.51. The normalized spacial score (nSPS) is 9.17. The van der Waals surface area contributed by atoms with Gasteiger partial charge in [-0.1, -0.05) is 0 Å². The standard InChI is InChI=1S/C7H8BrN3O/c1-9-7(12)11-6-2-5(8)3-10-4-6/h2-4H,1H3,(H2,9,11,12). The molecule has 0 unspecified atom stereocenters. The number of nitrogens with zero attached hydrogens (tertiary/aromatic N) is 1. The molecule has 64 valence electrons. The lowest BCUT2D eigenvalue weighted by molar-refractivity contribution is 0.254. The molecule has 2 amide bonds. The molecule has 12 heavy (non-hydrogen) atoms. The van der Waals surface area contributed by atoms with Crippen molar-refractivity contribution in [2.24, 2.45) is 0 Å². The minimum Gasteiger partial charge on any atom is -0.341 e. The first-order valence-electron chi connectivity index (χ1n) is 3.31. The molecule has 0 fully saturated rings. The van der Waals surface area contributed by atoms with E-state index in [1.165, 1.54) is 0 Å². The molecule has 0 aromatic carbocycles. The number of hydrogen-bond acceptors (Lipinski definition) is 2. The Bertz CT molecular complexity index is 290. The van der Waals surface area contributed by atoms with E-state index < -0.39 is 0 Å². The van der Waals surface area contributed by atoms with Gasteiger partial charge in [0.2, 0.25) is 0 Å². The SMILES string of the molecule is CNC(=O)Nc1cncc(Br)c1. The molecule has 0 radical (unpaired) electrons. The van der Waals surface area contributed by atoms with Crippen LogP contribution in [0.15, 0.2) is 22.9 Å². The quantitative estimate of drug-likeness (QED) is 0.769. The maximum atomic E-state index is 10.8. The summed E-state index contributed by atoms with van der Waals surface area (Å²) in [5.74, 6) is 0. The lowest BCUT2D eigenvalue weighted by Gasteiger charge is -2.02. The second-order valence-electron chi connectivity index (χ2n) is 2.10. The monoisotopic (exact) mass is 229 g/mol. The maximum Gasteiger partial charge on any atom is 0.319 e. The summed E-state index contributed by atoms with van der Waals surface area (Å²) < 4.78 is 0.830. The van der Waals surface area contributed by atoms with Crippen LogP contribution in [0.1, 0.15) is 0 Å². The van der Waals surface area contributed by atoms with Crippen molar-refractivity contribution in [2.75, 3.05) is 12.4 Å². The van der Waals surface area contributed by atoms with Gasteiger partial charge in [0.1, 0.15) is 0 Å². The van der Waals surface area contributed by atoms with Gasteiger partial charge >= 0.3 is 6.03 Å². The molecule has 0 atom stereocenters. The van der Waals surface area contributed by atoms with Crippen LogP contribution in [0.5, 0.6) is 0 Å². The fourth-order valence-corrected chi connectivity index (χ4v) is 1.04. The van der Waals surface area contributed by atoms with Gasteiger partial charge in [0.05, 0.1) is 11.9 Å². The smallest absolute Gasteiger partial charge is 0.319 e. The molecule has 4 nitrogen and oxygen atoms in total. The average molecular weight is 230 g/mol. The van der Waals surface area contributed by atoms with Crippen LogP contribution in [0.4, 0.5) is 10.5 Å². The topological polar surface area (TPSA) is 54.0 Å². The number of nitrogens with one attached hydrogen (secondary N) is 2. The third-order valence-corrected chi connectivity index (χ3v) is 1.62. The highest BCUT2D eigenvalue weighted by Crippen LogP contribution is 2.12. The molecule has 0 aliphatic rings. The molecule has 0 aliphatic heterocycles. The van der Waals surface area contributed by atoms with E-state index in [4.69, 9.17) is 0 Å². The van der Waals surface area contributed by atoms with Gasteiger partial charge < -0.3 is 10.6 Å². The number of hydrogen-bond donors (Lipinski definition) is 2. The van der Waals surface area contributed by atoms with E-state index in [9.17, 15) is 4.79 Å². The molecule has 1 aromatic heterocycles. The van der Waals surface area contributed by atoms with Crippen molar-refractivity contribution >= 4 is 27.6 Å². The zero-order valence-corrected chi connectivity index (χ0v) is 8.05. The van der Waals surface area contributed by atoms with E-state index in [1.54, 1.807) is 25.5 Å². The first-order chi connectivity index (χ1) is 5.72. The van der Waals surface area contributed by atoms with Gasteiger partial charge in [-0.2, -0.15) is 0 Å². The molecule has 0 saturated carbocycles. The van der Waals surface area contributed by atoms with Crippen LogP contribution in [0, 0.1) is 0 Å². The van der Waals surface area contributed by atoms with E-state index >= 15 is 0 Å². The minimum atomic E-state index is -0.255. The summed E-state index contributed by atoms with van der Waals surface area (Å²) in [6.07, 6.45) is 3.22. The van der Waals surface area contributed by atoms with Gasteiger partial charge in [-0.15, -0.1) is 0 Å². The van der Waals surface area contributed by atoms with Crippen LogP contribution in [0.2, 0.25) is 0 Å². The number of carbonyl (C=O) groups is 1. The predicted octanol–water partition coefficient (Wildman–Crippen LogP) is 1.60. The van der Waals surface area contributed by atoms with E-state index in [1.807, 2.05) is 0 Å². The Morgan fingerprint density at radius 3 is 2.92 bits per heavy atom. The number of amides is 2. The second kappa shape index (κ2) is 4.06. The number of pyridine rings is 1. The van der Waals surface area contributed by atoms with Crippen molar-refractivity contribution < 1.29 is 4.79 Å². The largest absolute Gasteiger partial charge is 0.341 e. The number of urea groups is 1. The Hall–Kier alpha value is -1.10. The zero-order chi connectivity index (χ0) is 8.97. The first-order valence-corrected chi connectivity index (χ1v) is 4.11. The van der Waals surface area contributed by atoms with Crippen LogP contribution >= 0.6 is 15.9 Å². The average Bonchev–Trinajstić information content (AvgIpc) is 2.04. The lowest BCUT2D eigenvalue weighted by atomic mass is 10.4. The van der Waals surface area contributed by atoms with E-state index in [0.717, 1.165) is 4.47 Å². The molecule has 0 spiro atoms. The number of rotatable bonds is 1. The summed E-state index contributed by atoms with van der Waals surface area (Å²) in [4.78, 5) is 14.7. The van der Waals surface area contributed by atoms with E-state index in [0.29, 0.717) is 5.69 Å². The third kappa shape index (κ3) is 2.50. The number of aromatic nitrogens is 1. The van der Waals surface area contributed by atoms with Gasteiger partial charge in [0.15, 0.2) is 0 Å². The Morgan fingerprint density at radius 2 is 2.33 bits per heavy atom. The van der Waals surface area contributed by atoms with E-state index in [-0.39, 0.29) is 6.03 Å². The fourth-order valence-electron chi connectivity index (χ4n) is 0.674. The molecular weight excluding hydrogens is 222 g/mol. The van der Waals surface area contributed by atoms with Crippen LogP contribution < -0.4 is 10.6 Å². The van der Waals surface area contributed by atoms with Gasteiger partial charge in [0.25, 0.3) is 0 Å². The highest BCUT2D eigenvalue weighted by molar-refractivity contribution is 9.10. The summed E-state index contributed by atoms with van der Waals surface area (Å²) in [7, 11) is 1.56. The minimum absolute atomic E-state index is 0.255. The zero-order valence-electron chi connectivity index (χ0n) is 6.47. The second-order valence-corrected chi connectivity index (χ2v) is 3.01. The molecule has 1 rings (SSSR count). The highest BCUT2D eigenvalue weighted by atomic mass is 79.9. The van der Waals surface area contributed by atoms with Crippen molar-refractivity contribution in [2.45, 2.75) is 0 Å². The van der Waals surface area contributed by atoms with Gasteiger partial charge in [0, 0.05) is 17.7 Å². The Balaban J connectivity index is 2.69. The molecule has 1 heterocycles. The number of halogens is 1. The summed E-state index contributed by atoms with van der Waals surface area (Å²) >= 11 is 3.24. The summed E-state index contributed by atoms with van der Waals surface area (Å²) in [5.41, 5.74) is 0.656. The Kier molecular flexibility index (Phi) is 3.04. The van der Waals surface area contributed by atoms with Crippen molar-refractivity contribution in [3.05, 3.63) is 22.9 Å². The number of carbonyl (C=O) groups excluding carboxylic acids is 1. The van der Waals surface area contributed by atoms with Crippen molar-refractivity contribution in [1.29, 1.82) is 0 Å². The highest BCUT2D eigenvalue weighted by Gasteiger charge is 1.97. The molecule has 0 bridgehead atoms. The summed E-state index contributed by atoms with van der Waals surface area (Å²) in [6.45, 7) is 0. The molecule has 0 aliphatic carbocycles. The molecule has 2 N–H and O–H groups in total. The Morgan fingerprint density at radius 1 is 1.58 bits per heavy atom.